The Kier molecular flexibility index (Phi) is 6.87. The first kappa shape index (κ1) is 19.7. The molecule has 3 aromatic rings. The molecule has 2 heterocycles. The summed E-state index contributed by atoms with van der Waals surface area (Å²) in [5.41, 5.74) is 1.15. The topological polar surface area (TPSA) is 87.9 Å². The predicted molar refractivity (Wildman–Crippen MR) is 105 cm³/mol. The highest BCUT2D eigenvalue weighted by Crippen LogP contribution is 2.20. The van der Waals surface area contributed by atoms with Gasteiger partial charge in [-0.1, -0.05) is 42.1 Å². The van der Waals surface area contributed by atoms with Crippen LogP contribution in [0.25, 0.3) is 0 Å². The molecule has 2 aromatic heterocycles. The molecule has 0 bridgehead atoms. The molecule has 3 rings (SSSR count). The van der Waals surface area contributed by atoms with E-state index in [4.69, 9.17) is 9.68 Å². The Balaban J connectivity index is 1.65. The molecular weight excluding hydrogens is 374 g/mol. The summed E-state index contributed by atoms with van der Waals surface area (Å²) >= 11 is 1.35. The summed E-state index contributed by atoms with van der Waals surface area (Å²) in [5, 5.41) is 17.9. The van der Waals surface area contributed by atoms with Gasteiger partial charge in [0.1, 0.15) is 11.6 Å². The van der Waals surface area contributed by atoms with Gasteiger partial charge in [-0.15, -0.1) is 10.2 Å². The van der Waals surface area contributed by atoms with Crippen molar-refractivity contribution in [2.75, 3.05) is 12.3 Å². The lowest BCUT2D eigenvalue weighted by molar-refractivity contribution is -0.129. The molecule has 0 aliphatic rings. The van der Waals surface area contributed by atoms with E-state index in [1.807, 2.05) is 47.9 Å². The van der Waals surface area contributed by atoms with Crippen molar-refractivity contribution in [2.24, 2.45) is 0 Å². The van der Waals surface area contributed by atoms with Gasteiger partial charge in [-0.3, -0.25) is 4.79 Å². The summed E-state index contributed by atoms with van der Waals surface area (Å²) in [4.78, 5) is 14.4. The molecular formula is C20H21N5O2S. The van der Waals surface area contributed by atoms with Gasteiger partial charge in [0.05, 0.1) is 37.6 Å². The van der Waals surface area contributed by atoms with Gasteiger partial charge in [-0.2, -0.15) is 5.26 Å². The Labute approximate surface area is 168 Å². The third kappa shape index (κ3) is 5.24. The van der Waals surface area contributed by atoms with Crippen molar-refractivity contribution in [3.63, 3.8) is 0 Å². The number of aromatic nitrogens is 3. The van der Waals surface area contributed by atoms with Crippen molar-refractivity contribution in [3.05, 3.63) is 65.9 Å². The van der Waals surface area contributed by atoms with E-state index < -0.39 is 0 Å². The van der Waals surface area contributed by atoms with Crippen LogP contribution in [0.5, 0.6) is 0 Å². The van der Waals surface area contributed by atoms with Crippen LogP contribution in [-0.2, 0) is 17.9 Å². The predicted octanol–water partition coefficient (Wildman–Crippen LogP) is 3.26. The van der Waals surface area contributed by atoms with Gasteiger partial charge >= 0.3 is 0 Å². The van der Waals surface area contributed by atoms with Crippen LogP contribution < -0.4 is 0 Å². The summed E-state index contributed by atoms with van der Waals surface area (Å²) in [6.45, 7) is 3.27. The second kappa shape index (κ2) is 9.76. The van der Waals surface area contributed by atoms with Crippen LogP contribution in [0.1, 0.15) is 23.6 Å². The first-order valence-electron chi connectivity index (χ1n) is 8.91. The molecule has 0 saturated heterocycles. The van der Waals surface area contributed by atoms with Gasteiger partial charge in [0, 0.05) is 6.54 Å². The smallest absolute Gasteiger partial charge is 0.233 e. The number of hydrogen-bond acceptors (Lipinski definition) is 6. The minimum atomic E-state index is -0.0661. The maximum absolute atomic E-state index is 12.7. The van der Waals surface area contributed by atoms with Gasteiger partial charge < -0.3 is 13.9 Å². The Hall–Kier alpha value is -3.05. The van der Waals surface area contributed by atoms with Crippen molar-refractivity contribution in [3.8, 4) is 6.07 Å². The second-order valence-corrected chi connectivity index (χ2v) is 7.14. The van der Waals surface area contributed by atoms with Gasteiger partial charge in [0.2, 0.25) is 5.91 Å². The number of hydrogen-bond donors (Lipinski definition) is 0. The van der Waals surface area contributed by atoms with E-state index >= 15 is 0 Å². The zero-order valence-electron chi connectivity index (χ0n) is 15.6. The number of carbonyl (C=O) groups excluding carboxylic acids is 1. The quantitative estimate of drug-likeness (QED) is 0.517. The minimum Gasteiger partial charge on any atom is -0.467 e. The fraction of sp³-hybridized carbons (Fsp3) is 0.300. The summed E-state index contributed by atoms with van der Waals surface area (Å²) < 4.78 is 7.34. The van der Waals surface area contributed by atoms with Crippen molar-refractivity contribution in [2.45, 2.75) is 31.6 Å². The lowest BCUT2D eigenvalue weighted by Gasteiger charge is -2.20. The van der Waals surface area contributed by atoms with Gasteiger partial charge in [-0.05, 0) is 24.6 Å². The van der Waals surface area contributed by atoms with Crippen molar-refractivity contribution in [1.82, 2.24) is 19.7 Å². The first-order chi connectivity index (χ1) is 13.7. The Morgan fingerprint density at radius 1 is 1.25 bits per heavy atom. The largest absolute Gasteiger partial charge is 0.467 e. The highest BCUT2D eigenvalue weighted by Gasteiger charge is 2.18. The van der Waals surface area contributed by atoms with E-state index in [1.54, 1.807) is 17.2 Å². The molecule has 8 heteroatoms. The molecule has 0 N–H and O–H groups in total. The van der Waals surface area contributed by atoms with Gasteiger partial charge in [-0.25, -0.2) is 0 Å². The highest BCUT2D eigenvalue weighted by molar-refractivity contribution is 7.99. The van der Waals surface area contributed by atoms with E-state index in [0.717, 1.165) is 11.4 Å². The molecule has 1 amide bonds. The van der Waals surface area contributed by atoms with E-state index in [9.17, 15) is 4.79 Å². The van der Waals surface area contributed by atoms with Crippen LogP contribution in [0.3, 0.4) is 0 Å². The number of nitriles is 1. The Morgan fingerprint density at radius 2 is 2.07 bits per heavy atom. The van der Waals surface area contributed by atoms with Gasteiger partial charge in [0.25, 0.3) is 0 Å². The summed E-state index contributed by atoms with van der Waals surface area (Å²) in [7, 11) is 0. The highest BCUT2D eigenvalue weighted by atomic mass is 32.2. The molecule has 0 aliphatic heterocycles. The number of amides is 1. The monoisotopic (exact) mass is 395 g/mol. The van der Waals surface area contributed by atoms with Crippen molar-refractivity contribution >= 4 is 17.7 Å². The van der Waals surface area contributed by atoms with Crippen LogP contribution >= 0.6 is 11.8 Å². The van der Waals surface area contributed by atoms with Gasteiger partial charge in [0.15, 0.2) is 5.16 Å². The average Bonchev–Trinajstić information content (AvgIpc) is 3.35. The molecule has 0 unspecified atom stereocenters. The Bertz CT molecular complexity index is 931. The number of thioether (sulfide) groups is 1. The second-order valence-electron chi connectivity index (χ2n) is 6.19. The fourth-order valence-corrected chi connectivity index (χ4v) is 3.59. The fourth-order valence-electron chi connectivity index (χ4n) is 2.70. The average molecular weight is 395 g/mol. The zero-order chi connectivity index (χ0) is 19.8. The molecule has 0 saturated carbocycles. The zero-order valence-corrected chi connectivity index (χ0v) is 16.4. The molecule has 1 aromatic carbocycles. The number of nitrogens with zero attached hydrogens (tertiary/aromatic N) is 5. The van der Waals surface area contributed by atoms with Crippen LogP contribution in [-0.4, -0.2) is 37.9 Å². The molecule has 0 spiro atoms. The summed E-state index contributed by atoms with van der Waals surface area (Å²) in [6, 6.07) is 15.8. The number of aryl methyl sites for hydroxylation is 1. The third-order valence-electron chi connectivity index (χ3n) is 4.18. The molecule has 0 aliphatic carbocycles. The van der Waals surface area contributed by atoms with Crippen LogP contribution in [0.15, 0.2) is 58.3 Å². The normalized spacial score (nSPS) is 10.6. The molecule has 144 valence electrons. The van der Waals surface area contributed by atoms with E-state index in [-0.39, 0.29) is 18.1 Å². The summed E-state index contributed by atoms with van der Waals surface area (Å²) in [5.74, 6) is 1.65. The van der Waals surface area contributed by atoms with Crippen LogP contribution in [0.4, 0.5) is 0 Å². The van der Waals surface area contributed by atoms with E-state index in [2.05, 4.69) is 16.3 Å². The maximum atomic E-state index is 12.7. The number of furan rings is 1. The lowest BCUT2D eigenvalue weighted by atomic mass is 10.2. The first-order valence-corrected chi connectivity index (χ1v) is 9.89. The summed E-state index contributed by atoms with van der Waals surface area (Å²) in [6.07, 6.45) is 1.85. The standard InChI is InChI=1S/C20H21N5O2S/c1-16-22-23-20(25(16)13-17-7-3-2-4-8-17)28-15-19(26)24(11-6-10-21)14-18-9-5-12-27-18/h2-5,7-9,12H,6,11,13-15H2,1H3. The number of carbonyl (C=O) groups is 1. The van der Waals surface area contributed by atoms with Crippen LogP contribution in [0, 0.1) is 18.3 Å². The third-order valence-corrected chi connectivity index (χ3v) is 5.13. The SMILES string of the molecule is Cc1nnc(SCC(=O)N(CCC#N)Cc2ccco2)n1Cc1ccccc1. The number of benzene rings is 1. The number of rotatable bonds is 9. The maximum Gasteiger partial charge on any atom is 0.233 e. The van der Waals surface area contributed by atoms with Crippen molar-refractivity contribution < 1.29 is 9.21 Å². The molecule has 0 atom stereocenters. The molecule has 0 fully saturated rings. The minimum absolute atomic E-state index is 0.0661. The molecule has 0 radical (unpaired) electrons. The Morgan fingerprint density at radius 3 is 2.79 bits per heavy atom. The van der Waals surface area contributed by atoms with Crippen LogP contribution in [0.2, 0.25) is 0 Å². The molecule has 7 nitrogen and oxygen atoms in total. The lowest BCUT2D eigenvalue weighted by Crippen LogP contribution is -2.32. The van der Waals surface area contributed by atoms with E-state index in [1.165, 1.54) is 11.8 Å². The van der Waals surface area contributed by atoms with E-state index in [0.29, 0.717) is 30.6 Å². The molecule has 28 heavy (non-hydrogen) atoms. The van der Waals surface area contributed by atoms with Crippen molar-refractivity contribution in [1.29, 1.82) is 5.26 Å².